The summed E-state index contributed by atoms with van der Waals surface area (Å²) < 4.78 is 18.0. The minimum absolute atomic E-state index is 0.00204. The number of hydrogen-bond donors (Lipinski definition) is 2. The molecule has 2 heterocycles. The zero-order valence-electron chi connectivity index (χ0n) is 15.5. The number of anilines is 1. The first kappa shape index (κ1) is 17.9. The van der Waals surface area contributed by atoms with Gasteiger partial charge in [-0.3, -0.25) is 19.4 Å². The molecule has 0 saturated heterocycles. The summed E-state index contributed by atoms with van der Waals surface area (Å²) in [6.07, 6.45) is 0.143. The number of carbonyl (C=O) groups is 1. The molecule has 8 heteroatoms. The third kappa shape index (κ3) is 2.71. The fraction of sp³-hybridized carbons (Fsp3) is 0.444. The number of aromatic amines is 1. The van der Waals surface area contributed by atoms with Crippen LogP contribution in [-0.4, -0.2) is 37.0 Å². The maximum absolute atomic E-state index is 12.6. The number of nitrogens with one attached hydrogen (secondary N) is 2. The van der Waals surface area contributed by atoms with Crippen LogP contribution in [0.3, 0.4) is 0 Å². The highest BCUT2D eigenvalue weighted by Crippen LogP contribution is 2.46. The van der Waals surface area contributed by atoms with E-state index in [2.05, 4.69) is 10.4 Å². The van der Waals surface area contributed by atoms with Gasteiger partial charge in [0.2, 0.25) is 11.7 Å². The minimum Gasteiger partial charge on any atom is -0.493 e. The molecular formula is C18H23N3O5. The van der Waals surface area contributed by atoms with Crippen molar-refractivity contribution in [1.29, 1.82) is 0 Å². The van der Waals surface area contributed by atoms with Crippen molar-refractivity contribution in [3.8, 4) is 17.2 Å². The summed E-state index contributed by atoms with van der Waals surface area (Å²) >= 11 is 0. The molecule has 1 aromatic heterocycles. The molecule has 0 aliphatic carbocycles. The van der Waals surface area contributed by atoms with Gasteiger partial charge in [0, 0.05) is 23.9 Å². The summed E-state index contributed by atoms with van der Waals surface area (Å²) in [5.74, 6) is 1.30. The molecule has 1 aromatic carbocycles. The Morgan fingerprint density at radius 2 is 1.77 bits per heavy atom. The van der Waals surface area contributed by atoms with Gasteiger partial charge in [-0.05, 0) is 19.9 Å². The van der Waals surface area contributed by atoms with E-state index in [1.165, 1.54) is 21.3 Å². The number of nitrogens with zero attached hydrogens (tertiary/aromatic N) is 1. The first-order valence-electron chi connectivity index (χ1n) is 8.36. The Kier molecular flexibility index (Phi) is 4.67. The lowest BCUT2D eigenvalue weighted by Crippen LogP contribution is -2.27. The van der Waals surface area contributed by atoms with E-state index in [1.54, 1.807) is 16.8 Å². The van der Waals surface area contributed by atoms with Crippen molar-refractivity contribution < 1.29 is 19.0 Å². The van der Waals surface area contributed by atoms with Crippen molar-refractivity contribution >= 4 is 11.7 Å². The number of aromatic nitrogens is 2. The van der Waals surface area contributed by atoms with E-state index < -0.39 is 5.92 Å². The fourth-order valence-electron chi connectivity index (χ4n) is 3.44. The number of methoxy groups -OCH3 is 3. The molecule has 0 bridgehead atoms. The Morgan fingerprint density at radius 1 is 1.08 bits per heavy atom. The molecule has 0 spiro atoms. The van der Waals surface area contributed by atoms with Gasteiger partial charge in [0.1, 0.15) is 5.82 Å². The summed E-state index contributed by atoms with van der Waals surface area (Å²) in [7, 11) is 4.58. The molecule has 1 aliphatic heterocycles. The molecule has 0 saturated carbocycles. The van der Waals surface area contributed by atoms with Crippen LogP contribution in [0, 0.1) is 0 Å². The summed E-state index contributed by atoms with van der Waals surface area (Å²) in [6.45, 7) is 3.87. The number of benzene rings is 1. The lowest BCUT2D eigenvalue weighted by atomic mass is 9.86. The Balaban J connectivity index is 2.24. The zero-order chi connectivity index (χ0) is 19.0. The molecule has 0 unspecified atom stereocenters. The molecule has 1 amide bonds. The Morgan fingerprint density at radius 3 is 2.35 bits per heavy atom. The van der Waals surface area contributed by atoms with Gasteiger partial charge >= 0.3 is 0 Å². The van der Waals surface area contributed by atoms with E-state index in [0.29, 0.717) is 34.2 Å². The monoisotopic (exact) mass is 361 g/mol. The third-order valence-electron chi connectivity index (χ3n) is 4.58. The number of H-pyrrole nitrogens is 1. The van der Waals surface area contributed by atoms with E-state index >= 15 is 0 Å². The van der Waals surface area contributed by atoms with Crippen molar-refractivity contribution in [1.82, 2.24) is 9.78 Å². The second-order valence-corrected chi connectivity index (χ2v) is 6.40. The van der Waals surface area contributed by atoms with Gasteiger partial charge in [-0.15, -0.1) is 0 Å². The number of fused-ring (bicyclic) bond motifs is 1. The van der Waals surface area contributed by atoms with Crippen molar-refractivity contribution in [2.75, 3.05) is 26.6 Å². The van der Waals surface area contributed by atoms with E-state index in [4.69, 9.17) is 14.2 Å². The van der Waals surface area contributed by atoms with Gasteiger partial charge in [0.15, 0.2) is 11.5 Å². The quantitative estimate of drug-likeness (QED) is 0.852. The van der Waals surface area contributed by atoms with Gasteiger partial charge in [-0.25, -0.2) is 0 Å². The lowest BCUT2D eigenvalue weighted by molar-refractivity contribution is -0.116. The molecule has 26 heavy (non-hydrogen) atoms. The predicted molar refractivity (Wildman–Crippen MR) is 96.6 cm³/mol. The predicted octanol–water partition coefficient (Wildman–Crippen LogP) is 2.26. The van der Waals surface area contributed by atoms with Crippen LogP contribution in [-0.2, 0) is 4.79 Å². The van der Waals surface area contributed by atoms with Crippen molar-refractivity contribution in [3.63, 3.8) is 0 Å². The molecule has 2 N–H and O–H groups in total. The summed E-state index contributed by atoms with van der Waals surface area (Å²) in [6, 6.07) is 3.55. The lowest BCUT2D eigenvalue weighted by Gasteiger charge is -2.26. The van der Waals surface area contributed by atoms with Gasteiger partial charge in [-0.2, -0.15) is 0 Å². The summed E-state index contributed by atoms with van der Waals surface area (Å²) in [4.78, 5) is 25.0. The Labute approximate surface area is 151 Å². The third-order valence-corrected chi connectivity index (χ3v) is 4.58. The highest BCUT2D eigenvalue weighted by molar-refractivity contribution is 5.94. The van der Waals surface area contributed by atoms with Crippen LogP contribution in [0.25, 0.3) is 0 Å². The largest absolute Gasteiger partial charge is 0.493 e. The van der Waals surface area contributed by atoms with Crippen LogP contribution in [0.4, 0.5) is 5.82 Å². The van der Waals surface area contributed by atoms with Gasteiger partial charge in [-0.1, -0.05) is 6.07 Å². The summed E-state index contributed by atoms with van der Waals surface area (Å²) in [5.41, 5.74) is 0.993. The maximum atomic E-state index is 12.6. The maximum Gasteiger partial charge on any atom is 0.270 e. The molecule has 0 fully saturated rings. The zero-order valence-corrected chi connectivity index (χ0v) is 15.5. The molecule has 1 aliphatic rings. The van der Waals surface area contributed by atoms with Crippen LogP contribution in [0.1, 0.15) is 43.4 Å². The van der Waals surface area contributed by atoms with Crippen LogP contribution >= 0.6 is 0 Å². The van der Waals surface area contributed by atoms with Crippen molar-refractivity contribution in [2.24, 2.45) is 0 Å². The average molecular weight is 361 g/mol. The first-order valence-corrected chi connectivity index (χ1v) is 8.36. The van der Waals surface area contributed by atoms with E-state index in [0.717, 1.165) is 0 Å². The molecule has 0 radical (unpaired) electrons. The second-order valence-electron chi connectivity index (χ2n) is 6.40. The number of amides is 1. The molecule has 1 atom stereocenters. The smallest absolute Gasteiger partial charge is 0.270 e. The highest BCUT2D eigenvalue weighted by atomic mass is 16.5. The minimum atomic E-state index is -0.447. The van der Waals surface area contributed by atoms with Crippen LogP contribution in [0.2, 0.25) is 0 Å². The topological polar surface area (TPSA) is 94.6 Å². The molecule has 2 aromatic rings. The fourth-order valence-corrected chi connectivity index (χ4v) is 3.44. The van der Waals surface area contributed by atoms with E-state index in [9.17, 15) is 9.59 Å². The van der Waals surface area contributed by atoms with Crippen molar-refractivity contribution in [2.45, 2.75) is 32.2 Å². The number of carbonyl (C=O) groups excluding carboxylic acids is 1. The van der Waals surface area contributed by atoms with Crippen LogP contribution in [0.5, 0.6) is 17.2 Å². The second kappa shape index (κ2) is 6.78. The number of rotatable bonds is 5. The molecule has 140 valence electrons. The number of ether oxygens (including phenoxy) is 3. The standard InChI is InChI=1S/C18H23N3O5/c1-9(2)21-17-14(18(23)20-21)11(8-13(22)19-17)10-6-7-12(24-3)16(26-5)15(10)25-4/h6-7,9,11H,8H2,1-5H3,(H,19,22)(H,20,23)/t11-/m1/s1. The van der Waals surface area contributed by atoms with E-state index in [1.807, 2.05) is 13.8 Å². The van der Waals surface area contributed by atoms with Gasteiger partial charge in [0.25, 0.3) is 5.56 Å². The Bertz CT molecular complexity index is 897. The van der Waals surface area contributed by atoms with Crippen LogP contribution in [0.15, 0.2) is 16.9 Å². The molecule has 3 rings (SSSR count). The average Bonchev–Trinajstić information content (AvgIpc) is 2.96. The SMILES string of the molecule is COc1ccc([C@H]2CC(=O)Nc3c2c(=O)[nH]n3C(C)C)c(OC)c1OC. The van der Waals surface area contributed by atoms with Gasteiger partial charge < -0.3 is 19.5 Å². The Hall–Kier alpha value is -2.90. The van der Waals surface area contributed by atoms with Gasteiger partial charge in [0.05, 0.1) is 26.9 Å². The van der Waals surface area contributed by atoms with Crippen molar-refractivity contribution in [3.05, 3.63) is 33.6 Å². The molecular weight excluding hydrogens is 338 g/mol. The normalized spacial score (nSPS) is 16.2. The first-order chi connectivity index (χ1) is 12.4. The summed E-state index contributed by atoms with van der Waals surface area (Å²) in [5, 5.41) is 5.63. The van der Waals surface area contributed by atoms with Crippen LogP contribution < -0.4 is 25.1 Å². The molecule has 8 nitrogen and oxygen atoms in total. The number of hydrogen-bond acceptors (Lipinski definition) is 5. The highest BCUT2D eigenvalue weighted by Gasteiger charge is 2.35. The van der Waals surface area contributed by atoms with E-state index in [-0.39, 0.29) is 23.9 Å².